The zero-order chi connectivity index (χ0) is 13.1. The van der Waals surface area contributed by atoms with Crippen LogP contribution in [-0.2, 0) is 11.2 Å². The van der Waals surface area contributed by atoms with Gasteiger partial charge in [-0.15, -0.1) is 0 Å². The molecule has 0 saturated carbocycles. The fourth-order valence-electron chi connectivity index (χ4n) is 3.70. The van der Waals surface area contributed by atoms with E-state index >= 15 is 0 Å². The molecule has 1 heterocycles. The minimum Gasteiger partial charge on any atom is -0.381 e. The van der Waals surface area contributed by atoms with Gasteiger partial charge in [-0.2, -0.15) is 0 Å². The highest BCUT2D eigenvalue weighted by atomic mass is 16.5. The van der Waals surface area contributed by atoms with Crippen LogP contribution in [0.3, 0.4) is 0 Å². The van der Waals surface area contributed by atoms with E-state index in [0.717, 1.165) is 19.1 Å². The van der Waals surface area contributed by atoms with E-state index in [2.05, 4.69) is 29.7 Å². The third kappa shape index (κ3) is 2.83. The molecule has 1 saturated heterocycles. The molecule has 0 aromatic heterocycles. The number of hydrogen-bond donors (Lipinski definition) is 2. The first-order valence-electron chi connectivity index (χ1n) is 7.50. The van der Waals surface area contributed by atoms with Crippen LogP contribution >= 0.6 is 0 Å². The second kappa shape index (κ2) is 6.04. The summed E-state index contributed by atoms with van der Waals surface area (Å²) in [5.41, 5.74) is 6.12. The van der Waals surface area contributed by atoms with Gasteiger partial charge in [-0.3, -0.25) is 11.3 Å². The van der Waals surface area contributed by atoms with Gasteiger partial charge in [0, 0.05) is 25.2 Å². The van der Waals surface area contributed by atoms with E-state index in [9.17, 15) is 0 Å². The van der Waals surface area contributed by atoms with E-state index in [1.54, 1.807) is 0 Å². The van der Waals surface area contributed by atoms with Crippen molar-refractivity contribution in [3.8, 4) is 0 Å². The van der Waals surface area contributed by atoms with E-state index in [-0.39, 0.29) is 0 Å². The molecule has 0 radical (unpaired) electrons. The zero-order valence-corrected chi connectivity index (χ0v) is 11.5. The molecular weight excluding hydrogens is 236 g/mol. The van der Waals surface area contributed by atoms with Crippen LogP contribution in [-0.4, -0.2) is 19.3 Å². The standard InChI is InChI=1S/C16H24N2O/c17-18-16(11-12-7-9-19-10-8-12)15-6-5-13-3-1-2-4-14(13)15/h1-4,12,15-16,18H,5-11,17H2. The van der Waals surface area contributed by atoms with Gasteiger partial charge in [0.05, 0.1) is 0 Å². The Labute approximate surface area is 115 Å². The number of ether oxygens (including phenoxy) is 1. The maximum atomic E-state index is 5.85. The quantitative estimate of drug-likeness (QED) is 0.645. The van der Waals surface area contributed by atoms with Crippen molar-refractivity contribution in [3.63, 3.8) is 0 Å². The van der Waals surface area contributed by atoms with E-state index in [1.807, 2.05) is 0 Å². The molecule has 1 fully saturated rings. The Morgan fingerprint density at radius 1 is 1.21 bits per heavy atom. The maximum absolute atomic E-state index is 5.85. The molecule has 3 rings (SSSR count). The molecule has 104 valence electrons. The molecule has 3 N–H and O–H groups in total. The molecule has 1 aliphatic heterocycles. The van der Waals surface area contributed by atoms with Crippen LogP contribution in [0.1, 0.15) is 42.7 Å². The Morgan fingerprint density at radius 2 is 2.00 bits per heavy atom. The van der Waals surface area contributed by atoms with Gasteiger partial charge in [0.25, 0.3) is 0 Å². The van der Waals surface area contributed by atoms with Crippen LogP contribution in [0, 0.1) is 5.92 Å². The van der Waals surface area contributed by atoms with Crippen molar-refractivity contribution in [1.29, 1.82) is 0 Å². The lowest BCUT2D eigenvalue weighted by Gasteiger charge is -2.30. The Hall–Kier alpha value is -0.900. The van der Waals surface area contributed by atoms with Gasteiger partial charge >= 0.3 is 0 Å². The smallest absolute Gasteiger partial charge is 0.0468 e. The van der Waals surface area contributed by atoms with Crippen molar-refractivity contribution in [2.45, 2.75) is 44.1 Å². The summed E-state index contributed by atoms with van der Waals surface area (Å²) >= 11 is 0. The maximum Gasteiger partial charge on any atom is 0.0468 e. The van der Waals surface area contributed by atoms with Crippen LogP contribution < -0.4 is 11.3 Å². The van der Waals surface area contributed by atoms with Crippen LogP contribution in [0.15, 0.2) is 24.3 Å². The predicted molar refractivity (Wildman–Crippen MR) is 76.8 cm³/mol. The van der Waals surface area contributed by atoms with Crippen LogP contribution in [0.4, 0.5) is 0 Å². The Balaban J connectivity index is 1.69. The molecule has 2 aliphatic rings. The molecule has 0 amide bonds. The summed E-state index contributed by atoms with van der Waals surface area (Å²) in [6, 6.07) is 9.24. The molecule has 2 atom stereocenters. The van der Waals surface area contributed by atoms with Crippen molar-refractivity contribution >= 4 is 0 Å². The minimum absolute atomic E-state index is 0.409. The second-order valence-electron chi connectivity index (χ2n) is 5.91. The number of nitrogens with one attached hydrogen (secondary N) is 1. The number of fused-ring (bicyclic) bond motifs is 1. The molecule has 0 bridgehead atoms. The topological polar surface area (TPSA) is 47.3 Å². The van der Waals surface area contributed by atoms with Gasteiger partial charge in [-0.1, -0.05) is 24.3 Å². The van der Waals surface area contributed by atoms with E-state index < -0.39 is 0 Å². The van der Waals surface area contributed by atoms with Gasteiger partial charge < -0.3 is 4.74 Å². The molecule has 3 heteroatoms. The first kappa shape index (κ1) is 13.1. The van der Waals surface area contributed by atoms with E-state index in [4.69, 9.17) is 10.6 Å². The molecule has 19 heavy (non-hydrogen) atoms. The van der Waals surface area contributed by atoms with Crippen molar-refractivity contribution in [1.82, 2.24) is 5.43 Å². The average Bonchev–Trinajstić information content (AvgIpc) is 2.90. The SMILES string of the molecule is NNC(CC1CCOCC1)C1CCc2ccccc21. The molecule has 2 unspecified atom stereocenters. The minimum atomic E-state index is 0.409. The summed E-state index contributed by atoms with van der Waals surface area (Å²) in [6.45, 7) is 1.84. The van der Waals surface area contributed by atoms with Gasteiger partial charge in [0.15, 0.2) is 0 Å². The zero-order valence-electron chi connectivity index (χ0n) is 11.5. The molecule has 0 spiro atoms. The third-order valence-corrected chi connectivity index (χ3v) is 4.81. The fraction of sp³-hybridized carbons (Fsp3) is 0.625. The van der Waals surface area contributed by atoms with Gasteiger partial charge in [0.1, 0.15) is 0 Å². The molecule has 1 aliphatic carbocycles. The summed E-state index contributed by atoms with van der Waals surface area (Å²) in [5.74, 6) is 7.20. The lowest BCUT2D eigenvalue weighted by Crippen LogP contribution is -2.41. The first-order chi connectivity index (χ1) is 9.38. The lowest BCUT2D eigenvalue weighted by atomic mass is 9.84. The summed E-state index contributed by atoms with van der Waals surface area (Å²) in [4.78, 5) is 0. The van der Waals surface area contributed by atoms with Crippen LogP contribution in [0.25, 0.3) is 0 Å². The van der Waals surface area contributed by atoms with Crippen molar-refractivity contribution in [2.24, 2.45) is 11.8 Å². The van der Waals surface area contributed by atoms with E-state index in [0.29, 0.717) is 12.0 Å². The monoisotopic (exact) mass is 260 g/mol. The largest absolute Gasteiger partial charge is 0.381 e. The summed E-state index contributed by atoms with van der Waals surface area (Å²) in [7, 11) is 0. The van der Waals surface area contributed by atoms with Crippen LogP contribution in [0.2, 0.25) is 0 Å². The number of hydrogen-bond acceptors (Lipinski definition) is 3. The highest BCUT2D eigenvalue weighted by Crippen LogP contribution is 2.37. The van der Waals surface area contributed by atoms with Gasteiger partial charge in [-0.05, 0) is 49.1 Å². The third-order valence-electron chi connectivity index (χ3n) is 4.81. The second-order valence-corrected chi connectivity index (χ2v) is 5.91. The molecular formula is C16H24N2O. The van der Waals surface area contributed by atoms with Gasteiger partial charge in [0.2, 0.25) is 0 Å². The normalized spacial score (nSPS) is 25.2. The Kier molecular flexibility index (Phi) is 4.16. The average molecular weight is 260 g/mol. The summed E-state index contributed by atoms with van der Waals surface area (Å²) < 4.78 is 5.44. The molecule has 1 aromatic rings. The number of nitrogens with two attached hydrogens (primary N) is 1. The molecule has 1 aromatic carbocycles. The highest BCUT2D eigenvalue weighted by Gasteiger charge is 2.30. The van der Waals surface area contributed by atoms with Crippen molar-refractivity contribution in [3.05, 3.63) is 35.4 Å². The summed E-state index contributed by atoms with van der Waals surface area (Å²) in [5, 5.41) is 0. The van der Waals surface area contributed by atoms with Gasteiger partial charge in [-0.25, -0.2) is 0 Å². The predicted octanol–water partition coefficient (Wildman–Crippen LogP) is 2.36. The highest BCUT2D eigenvalue weighted by molar-refractivity contribution is 5.36. The summed E-state index contributed by atoms with van der Waals surface area (Å²) in [6.07, 6.45) is 5.99. The number of rotatable bonds is 4. The van der Waals surface area contributed by atoms with Crippen molar-refractivity contribution < 1.29 is 4.74 Å². The Bertz CT molecular complexity index is 415. The van der Waals surface area contributed by atoms with Crippen LogP contribution in [0.5, 0.6) is 0 Å². The lowest BCUT2D eigenvalue weighted by molar-refractivity contribution is 0.0594. The first-order valence-corrected chi connectivity index (χ1v) is 7.50. The van der Waals surface area contributed by atoms with Crippen molar-refractivity contribution in [2.75, 3.05) is 13.2 Å². The number of benzene rings is 1. The molecule has 3 nitrogen and oxygen atoms in total. The number of aryl methyl sites for hydroxylation is 1. The van der Waals surface area contributed by atoms with E-state index in [1.165, 1.54) is 43.2 Å². The Morgan fingerprint density at radius 3 is 2.79 bits per heavy atom. The number of hydrazine groups is 1. The fourth-order valence-corrected chi connectivity index (χ4v) is 3.70.